The second kappa shape index (κ2) is 5.53. The molecule has 0 bridgehead atoms. The smallest absolute Gasteiger partial charge is 0.0498 e. The molecule has 0 fully saturated rings. The number of aryl methyl sites for hydroxylation is 2. The lowest BCUT2D eigenvalue weighted by molar-refractivity contribution is 1.05. The predicted octanol–water partition coefficient (Wildman–Crippen LogP) is 5.69. The Labute approximate surface area is 132 Å². The van der Waals surface area contributed by atoms with Crippen molar-refractivity contribution in [2.75, 3.05) is 11.9 Å². The van der Waals surface area contributed by atoms with Gasteiger partial charge in [-0.1, -0.05) is 30.7 Å². The molecular weight excluding hydrogens is 268 g/mol. The van der Waals surface area contributed by atoms with Crippen LogP contribution in [0.4, 0.5) is 5.69 Å². The van der Waals surface area contributed by atoms with Gasteiger partial charge in [0.15, 0.2) is 0 Å². The van der Waals surface area contributed by atoms with Crippen molar-refractivity contribution in [3.05, 3.63) is 53.2 Å². The zero-order valence-electron chi connectivity index (χ0n) is 14.1. The van der Waals surface area contributed by atoms with Crippen molar-refractivity contribution in [3.63, 3.8) is 0 Å². The number of allylic oxidation sites excluding steroid dienone is 1. The van der Waals surface area contributed by atoms with E-state index in [2.05, 4.69) is 81.2 Å². The van der Waals surface area contributed by atoms with Gasteiger partial charge in [-0.3, -0.25) is 0 Å². The molecular formula is C20H24N2. The minimum atomic E-state index is 1.08. The van der Waals surface area contributed by atoms with Crippen molar-refractivity contribution in [3.8, 4) is 0 Å². The molecule has 0 unspecified atom stereocenters. The van der Waals surface area contributed by atoms with Crippen LogP contribution in [0.15, 0.2) is 42.1 Å². The molecule has 0 saturated carbocycles. The molecule has 0 radical (unpaired) electrons. The number of para-hydroxylation sites is 1. The van der Waals surface area contributed by atoms with Gasteiger partial charge in [0.2, 0.25) is 0 Å². The second-order valence-corrected chi connectivity index (χ2v) is 6.20. The van der Waals surface area contributed by atoms with Gasteiger partial charge in [-0.2, -0.15) is 0 Å². The fourth-order valence-corrected chi connectivity index (χ4v) is 3.20. The number of fused-ring (bicyclic) bond motifs is 3. The predicted molar refractivity (Wildman–Crippen MR) is 97.7 cm³/mol. The van der Waals surface area contributed by atoms with Crippen LogP contribution >= 0.6 is 0 Å². The standard InChI is InChI=1S/C20H24N2/c1-6-13(2)12-22(5)18-11-14(3)20-19(15(18)4)16-9-7-8-10-17(16)21-20/h7-12,21H,6H2,1-5H3/b13-12+. The highest BCUT2D eigenvalue weighted by molar-refractivity contribution is 6.11. The molecule has 0 aliphatic rings. The fourth-order valence-electron chi connectivity index (χ4n) is 3.20. The minimum Gasteiger partial charge on any atom is -0.354 e. The Kier molecular flexibility index (Phi) is 3.69. The third-order valence-electron chi connectivity index (χ3n) is 4.56. The number of anilines is 1. The van der Waals surface area contributed by atoms with Crippen LogP contribution < -0.4 is 4.90 Å². The number of nitrogens with one attached hydrogen (secondary N) is 1. The van der Waals surface area contributed by atoms with Crippen molar-refractivity contribution in [1.82, 2.24) is 4.98 Å². The molecule has 0 aliphatic heterocycles. The Bertz CT molecular complexity index is 868. The Morgan fingerprint density at radius 3 is 2.68 bits per heavy atom. The summed E-state index contributed by atoms with van der Waals surface area (Å²) in [6.07, 6.45) is 3.32. The first kappa shape index (κ1) is 14.7. The number of benzene rings is 2. The molecule has 3 rings (SSSR count). The van der Waals surface area contributed by atoms with Crippen LogP contribution in [0.2, 0.25) is 0 Å². The van der Waals surface area contributed by atoms with E-state index in [1.165, 1.54) is 44.2 Å². The number of H-pyrrole nitrogens is 1. The maximum Gasteiger partial charge on any atom is 0.0498 e. The normalized spacial score (nSPS) is 12.3. The highest BCUT2D eigenvalue weighted by atomic mass is 15.1. The van der Waals surface area contributed by atoms with Crippen molar-refractivity contribution in [2.45, 2.75) is 34.1 Å². The summed E-state index contributed by atoms with van der Waals surface area (Å²) in [5.74, 6) is 0. The lowest BCUT2D eigenvalue weighted by Crippen LogP contribution is -2.11. The summed E-state index contributed by atoms with van der Waals surface area (Å²) >= 11 is 0. The molecule has 2 aromatic carbocycles. The first-order chi connectivity index (χ1) is 10.5. The van der Waals surface area contributed by atoms with Gasteiger partial charge in [0.05, 0.1) is 0 Å². The van der Waals surface area contributed by atoms with Crippen LogP contribution in [-0.4, -0.2) is 12.0 Å². The van der Waals surface area contributed by atoms with Gasteiger partial charge in [-0.05, 0) is 50.5 Å². The molecule has 1 N–H and O–H groups in total. The molecule has 0 amide bonds. The highest BCUT2D eigenvalue weighted by Crippen LogP contribution is 2.35. The van der Waals surface area contributed by atoms with Gasteiger partial charge in [0, 0.05) is 40.7 Å². The van der Waals surface area contributed by atoms with Gasteiger partial charge >= 0.3 is 0 Å². The van der Waals surface area contributed by atoms with E-state index in [0.29, 0.717) is 0 Å². The fraction of sp³-hybridized carbons (Fsp3) is 0.300. The monoisotopic (exact) mass is 292 g/mol. The molecule has 22 heavy (non-hydrogen) atoms. The van der Waals surface area contributed by atoms with E-state index >= 15 is 0 Å². The quantitative estimate of drug-likeness (QED) is 0.657. The molecule has 3 aromatic rings. The summed E-state index contributed by atoms with van der Waals surface area (Å²) in [6, 6.07) is 10.8. The van der Waals surface area contributed by atoms with Crippen LogP contribution in [-0.2, 0) is 0 Å². The van der Waals surface area contributed by atoms with Gasteiger partial charge in [0.25, 0.3) is 0 Å². The van der Waals surface area contributed by atoms with E-state index in [-0.39, 0.29) is 0 Å². The summed E-state index contributed by atoms with van der Waals surface area (Å²) in [4.78, 5) is 5.82. The zero-order valence-corrected chi connectivity index (χ0v) is 14.1. The van der Waals surface area contributed by atoms with Gasteiger partial charge < -0.3 is 9.88 Å². The molecule has 0 aliphatic carbocycles. The molecule has 1 aromatic heterocycles. The Balaban J connectivity index is 2.29. The first-order valence-electron chi connectivity index (χ1n) is 7.93. The molecule has 1 heterocycles. The average molecular weight is 292 g/mol. The maximum atomic E-state index is 3.57. The lowest BCUT2D eigenvalue weighted by atomic mass is 10.0. The molecule has 2 heteroatoms. The van der Waals surface area contributed by atoms with Gasteiger partial charge in [-0.25, -0.2) is 0 Å². The summed E-state index contributed by atoms with van der Waals surface area (Å²) in [7, 11) is 2.14. The Morgan fingerprint density at radius 2 is 1.95 bits per heavy atom. The highest BCUT2D eigenvalue weighted by Gasteiger charge is 2.14. The van der Waals surface area contributed by atoms with E-state index in [0.717, 1.165) is 6.42 Å². The number of nitrogens with zero attached hydrogens (tertiary/aromatic N) is 1. The SMILES string of the molecule is CC/C(C)=C/N(C)c1cc(C)c2[nH]c3ccccc3c2c1C. The van der Waals surface area contributed by atoms with Crippen molar-refractivity contribution in [1.29, 1.82) is 0 Å². The summed E-state index contributed by atoms with van der Waals surface area (Å²) in [5.41, 5.74) is 7.76. The van der Waals surface area contributed by atoms with E-state index in [1.54, 1.807) is 0 Å². The average Bonchev–Trinajstić information content (AvgIpc) is 2.90. The molecule has 114 valence electrons. The molecule has 0 spiro atoms. The lowest BCUT2D eigenvalue weighted by Gasteiger charge is -2.20. The largest absolute Gasteiger partial charge is 0.354 e. The molecule has 0 atom stereocenters. The molecule has 0 saturated heterocycles. The van der Waals surface area contributed by atoms with Crippen LogP contribution in [0.5, 0.6) is 0 Å². The summed E-state index contributed by atoms with van der Waals surface area (Å²) in [5, 5.41) is 2.66. The number of aromatic nitrogens is 1. The maximum absolute atomic E-state index is 3.57. The van der Waals surface area contributed by atoms with Crippen molar-refractivity contribution >= 4 is 27.5 Å². The van der Waals surface area contributed by atoms with Crippen LogP contribution in [0.3, 0.4) is 0 Å². The van der Waals surface area contributed by atoms with E-state index in [1.807, 2.05) is 0 Å². The minimum absolute atomic E-state index is 1.08. The van der Waals surface area contributed by atoms with Gasteiger partial charge in [-0.15, -0.1) is 0 Å². The van der Waals surface area contributed by atoms with Gasteiger partial charge in [0.1, 0.15) is 0 Å². The van der Waals surface area contributed by atoms with Crippen molar-refractivity contribution < 1.29 is 0 Å². The number of hydrogen-bond donors (Lipinski definition) is 1. The van der Waals surface area contributed by atoms with E-state index in [4.69, 9.17) is 0 Å². The third kappa shape index (κ3) is 2.29. The third-order valence-corrected chi connectivity index (χ3v) is 4.56. The number of aromatic amines is 1. The Hall–Kier alpha value is -2.22. The second-order valence-electron chi connectivity index (χ2n) is 6.20. The topological polar surface area (TPSA) is 19.0 Å². The number of rotatable bonds is 3. The van der Waals surface area contributed by atoms with E-state index < -0.39 is 0 Å². The molecule has 2 nitrogen and oxygen atoms in total. The first-order valence-corrected chi connectivity index (χ1v) is 7.93. The van der Waals surface area contributed by atoms with Crippen LogP contribution in [0.25, 0.3) is 21.8 Å². The zero-order chi connectivity index (χ0) is 15.9. The van der Waals surface area contributed by atoms with E-state index in [9.17, 15) is 0 Å². The summed E-state index contributed by atoms with van der Waals surface area (Å²) in [6.45, 7) is 8.79. The van der Waals surface area contributed by atoms with Crippen molar-refractivity contribution in [2.24, 2.45) is 0 Å². The summed E-state index contributed by atoms with van der Waals surface area (Å²) < 4.78 is 0. The van der Waals surface area contributed by atoms with Crippen LogP contribution in [0, 0.1) is 13.8 Å². The Morgan fingerprint density at radius 1 is 1.23 bits per heavy atom. The number of hydrogen-bond acceptors (Lipinski definition) is 1. The van der Waals surface area contributed by atoms with Crippen LogP contribution in [0.1, 0.15) is 31.4 Å².